The fourth-order valence-electron chi connectivity index (χ4n) is 2.39. The van der Waals surface area contributed by atoms with E-state index in [1.54, 1.807) is 31.5 Å². The van der Waals surface area contributed by atoms with Gasteiger partial charge in [0, 0.05) is 12.1 Å². The normalized spacial score (nSPS) is 12.3. The topological polar surface area (TPSA) is 46.9 Å². The molecule has 1 heterocycles. The number of halogens is 1. The van der Waals surface area contributed by atoms with Crippen LogP contribution in [0.3, 0.4) is 0 Å². The van der Waals surface area contributed by atoms with Crippen LogP contribution in [0, 0.1) is 5.82 Å². The van der Waals surface area contributed by atoms with Gasteiger partial charge in [0.25, 0.3) is 0 Å². The molecule has 1 atom stereocenters. The Kier molecular flexibility index (Phi) is 3.87. The van der Waals surface area contributed by atoms with Crippen LogP contribution in [0.4, 0.5) is 4.39 Å². The van der Waals surface area contributed by atoms with Gasteiger partial charge in [-0.3, -0.25) is 4.79 Å². The van der Waals surface area contributed by atoms with Gasteiger partial charge >= 0.3 is 0 Å². The molecule has 0 aliphatic heterocycles. The maximum atomic E-state index is 13.6. The van der Waals surface area contributed by atoms with Gasteiger partial charge in [-0.1, -0.05) is 30.3 Å². The first-order valence-corrected chi connectivity index (χ1v) is 7.09. The Bertz CT molecular complexity index is 812. The van der Waals surface area contributed by atoms with Crippen molar-refractivity contribution in [2.45, 2.75) is 19.5 Å². The lowest BCUT2D eigenvalue weighted by Gasteiger charge is -2.14. The van der Waals surface area contributed by atoms with Gasteiger partial charge in [0.2, 0.25) is 5.91 Å². The molecule has 0 radical (unpaired) electrons. The summed E-state index contributed by atoms with van der Waals surface area (Å²) in [6, 6.07) is 13.6. The molecule has 22 heavy (non-hydrogen) atoms. The monoisotopic (exact) mass is 297 g/mol. The van der Waals surface area contributed by atoms with E-state index in [0.717, 1.165) is 11.0 Å². The van der Waals surface area contributed by atoms with Gasteiger partial charge in [0.15, 0.2) is 0 Å². The summed E-state index contributed by atoms with van der Waals surface area (Å²) in [6.07, 6.45) is 1.65. The first-order chi connectivity index (χ1) is 10.7. The zero-order valence-corrected chi connectivity index (χ0v) is 12.2. The number of hydrogen-bond donors (Lipinski definition) is 1. The third-order valence-corrected chi connectivity index (χ3v) is 3.69. The molecular weight excluding hydrogens is 281 g/mol. The maximum absolute atomic E-state index is 13.6. The molecule has 112 valence electrons. The van der Waals surface area contributed by atoms with Gasteiger partial charge in [-0.05, 0) is 25.1 Å². The smallest absolute Gasteiger partial charge is 0.243 e. The van der Waals surface area contributed by atoms with Crippen molar-refractivity contribution in [1.82, 2.24) is 14.9 Å². The van der Waals surface area contributed by atoms with Gasteiger partial charge in [-0.25, -0.2) is 9.37 Å². The Labute approximate surface area is 127 Å². The van der Waals surface area contributed by atoms with Crippen molar-refractivity contribution in [3.8, 4) is 0 Å². The van der Waals surface area contributed by atoms with E-state index in [1.165, 1.54) is 6.07 Å². The molecule has 0 saturated carbocycles. The molecular formula is C17H16FN3O. The SMILES string of the molecule is CC(C(=O)NCc1ccccc1F)n1cnc2ccccc21. The highest BCUT2D eigenvalue weighted by Gasteiger charge is 2.17. The molecule has 0 spiro atoms. The van der Waals surface area contributed by atoms with Crippen molar-refractivity contribution >= 4 is 16.9 Å². The number of hydrogen-bond acceptors (Lipinski definition) is 2. The summed E-state index contributed by atoms with van der Waals surface area (Å²) < 4.78 is 15.4. The molecule has 2 aromatic carbocycles. The molecule has 1 amide bonds. The summed E-state index contributed by atoms with van der Waals surface area (Å²) in [7, 11) is 0. The fourth-order valence-corrected chi connectivity index (χ4v) is 2.39. The van der Waals surface area contributed by atoms with E-state index < -0.39 is 6.04 Å². The number of fused-ring (bicyclic) bond motifs is 1. The Morgan fingerprint density at radius 1 is 1.23 bits per heavy atom. The predicted octanol–water partition coefficient (Wildman–Crippen LogP) is 3.05. The predicted molar refractivity (Wildman–Crippen MR) is 82.7 cm³/mol. The van der Waals surface area contributed by atoms with Crippen LogP contribution >= 0.6 is 0 Å². The van der Waals surface area contributed by atoms with Crippen LogP contribution in [0.5, 0.6) is 0 Å². The van der Waals surface area contributed by atoms with Crippen molar-refractivity contribution in [3.63, 3.8) is 0 Å². The quantitative estimate of drug-likeness (QED) is 0.804. The molecule has 3 aromatic rings. The highest BCUT2D eigenvalue weighted by molar-refractivity contribution is 5.83. The first kappa shape index (κ1) is 14.3. The van der Waals surface area contributed by atoms with Crippen LogP contribution in [0.15, 0.2) is 54.9 Å². The second-order valence-corrected chi connectivity index (χ2v) is 5.13. The molecule has 1 N–H and O–H groups in total. The Balaban J connectivity index is 1.73. The molecule has 1 unspecified atom stereocenters. The van der Waals surface area contributed by atoms with Gasteiger partial charge in [-0.2, -0.15) is 0 Å². The third-order valence-electron chi connectivity index (χ3n) is 3.69. The summed E-state index contributed by atoms with van der Waals surface area (Å²) in [6.45, 7) is 1.97. The summed E-state index contributed by atoms with van der Waals surface area (Å²) >= 11 is 0. The van der Waals surface area contributed by atoms with E-state index >= 15 is 0 Å². The highest BCUT2D eigenvalue weighted by Crippen LogP contribution is 2.17. The number of rotatable bonds is 4. The number of aromatic nitrogens is 2. The number of imidazole rings is 1. The Hall–Kier alpha value is -2.69. The largest absolute Gasteiger partial charge is 0.350 e. The van der Waals surface area contributed by atoms with Crippen molar-refractivity contribution in [3.05, 3.63) is 66.2 Å². The molecule has 4 nitrogen and oxygen atoms in total. The van der Waals surface area contributed by atoms with Gasteiger partial charge in [0.1, 0.15) is 11.9 Å². The van der Waals surface area contributed by atoms with Crippen LogP contribution in [0.2, 0.25) is 0 Å². The molecule has 0 fully saturated rings. The van der Waals surface area contributed by atoms with Crippen LogP contribution < -0.4 is 5.32 Å². The second-order valence-electron chi connectivity index (χ2n) is 5.13. The van der Waals surface area contributed by atoms with E-state index in [1.807, 2.05) is 28.8 Å². The second kappa shape index (κ2) is 5.97. The number of nitrogens with one attached hydrogen (secondary N) is 1. The zero-order valence-electron chi connectivity index (χ0n) is 12.2. The summed E-state index contributed by atoms with van der Waals surface area (Å²) in [4.78, 5) is 16.6. The fraction of sp³-hybridized carbons (Fsp3) is 0.176. The van der Waals surface area contributed by atoms with Crippen molar-refractivity contribution < 1.29 is 9.18 Å². The van der Waals surface area contributed by atoms with Crippen LogP contribution in [0.25, 0.3) is 11.0 Å². The Morgan fingerprint density at radius 3 is 2.77 bits per heavy atom. The van der Waals surface area contributed by atoms with Gasteiger partial charge in [0.05, 0.1) is 17.4 Å². The van der Waals surface area contributed by atoms with Crippen molar-refractivity contribution in [2.75, 3.05) is 0 Å². The Morgan fingerprint density at radius 2 is 1.95 bits per heavy atom. The van der Waals surface area contributed by atoms with Crippen molar-refractivity contribution in [2.24, 2.45) is 0 Å². The average Bonchev–Trinajstić information content (AvgIpc) is 2.97. The minimum absolute atomic E-state index is 0.169. The van der Waals surface area contributed by atoms with E-state index in [2.05, 4.69) is 10.3 Å². The average molecular weight is 297 g/mol. The van der Waals surface area contributed by atoms with E-state index in [9.17, 15) is 9.18 Å². The van der Waals surface area contributed by atoms with E-state index in [-0.39, 0.29) is 18.3 Å². The molecule has 0 aliphatic rings. The molecule has 5 heteroatoms. The molecule has 3 rings (SSSR count). The maximum Gasteiger partial charge on any atom is 0.243 e. The summed E-state index contributed by atoms with van der Waals surface area (Å²) in [5.74, 6) is -0.491. The van der Waals surface area contributed by atoms with Gasteiger partial charge < -0.3 is 9.88 Å². The minimum atomic E-state index is -0.417. The highest BCUT2D eigenvalue weighted by atomic mass is 19.1. The lowest BCUT2D eigenvalue weighted by atomic mass is 10.2. The molecule has 0 saturated heterocycles. The number of benzene rings is 2. The number of amides is 1. The number of carbonyl (C=O) groups is 1. The summed E-state index contributed by atoms with van der Waals surface area (Å²) in [5, 5.41) is 2.76. The zero-order chi connectivity index (χ0) is 15.5. The lowest BCUT2D eigenvalue weighted by Crippen LogP contribution is -2.30. The third kappa shape index (κ3) is 2.70. The number of carbonyl (C=O) groups excluding carboxylic acids is 1. The lowest BCUT2D eigenvalue weighted by molar-refractivity contribution is -0.123. The number of para-hydroxylation sites is 2. The molecule has 0 bridgehead atoms. The van der Waals surface area contributed by atoms with Gasteiger partial charge in [-0.15, -0.1) is 0 Å². The standard InChI is InChI=1S/C17H16FN3O/c1-12(21-11-20-15-8-4-5-9-16(15)21)17(22)19-10-13-6-2-3-7-14(13)18/h2-9,11-12H,10H2,1H3,(H,19,22). The van der Waals surface area contributed by atoms with Crippen LogP contribution in [-0.2, 0) is 11.3 Å². The summed E-state index contributed by atoms with van der Waals surface area (Å²) in [5.41, 5.74) is 2.21. The van der Waals surface area contributed by atoms with Crippen molar-refractivity contribution in [1.29, 1.82) is 0 Å². The van der Waals surface area contributed by atoms with Crippen LogP contribution in [-0.4, -0.2) is 15.5 Å². The molecule has 1 aromatic heterocycles. The van der Waals surface area contributed by atoms with Crippen LogP contribution in [0.1, 0.15) is 18.5 Å². The van der Waals surface area contributed by atoms with E-state index in [0.29, 0.717) is 5.56 Å². The minimum Gasteiger partial charge on any atom is -0.350 e. The molecule has 0 aliphatic carbocycles. The van der Waals surface area contributed by atoms with E-state index in [4.69, 9.17) is 0 Å². The first-order valence-electron chi connectivity index (χ1n) is 7.09. The number of nitrogens with zero attached hydrogens (tertiary/aromatic N) is 2.